The number of rotatable bonds is 4. The summed E-state index contributed by atoms with van der Waals surface area (Å²) in [6, 6.07) is 11.4. The molecule has 7 rings (SSSR count). The molecule has 4 bridgehead atoms. The fraction of sp³-hybridized carbons (Fsp3) is 0.552. The number of hydrogen-bond donors (Lipinski definition) is 1. The lowest BCUT2D eigenvalue weighted by Gasteiger charge is -2.65. The third-order valence-electron chi connectivity index (χ3n) is 10.1. The molecule has 1 N–H and O–H groups in total. The van der Waals surface area contributed by atoms with Gasteiger partial charge in [-0.05, 0) is 92.4 Å². The number of nitrogens with zero attached hydrogens (tertiary/aromatic N) is 2. The van der Waals surface area contributed by atoms with Crippen LogP contribution in [-0.2, 0) is 16.6 Å². The van der Waals surface area contributed by atoms with Crippen molar-refractivity contribution in [2.45, 2.75) is 61.6 Å². The number of hydrogen-bond acceptors (Lipinski definition) is 4. The molecule has 4 fully saturated rings. The highest BCUT2D eigenvalue weighted by atomic mass is 35.5. The molecular weight excluding hydrogens is 495 g/mol. The molecule has 3 aliphatic carbocycles. The molecule has 2 heterocycles. The van der Waals surface area contributed by atoms with E-state index in [0.717, 1.165) is 38.1 Å². The highest BCUT2D eigenvalue weighted by Gasteiger charge is 2.73. The van der Waals surface area contributed by atoms with Gasteiger partial charge < -0.3 is 14.7 Å². The van der Waals surface area contributed by atoms with Crippen molar-refractivity contribution in [3.63, 3.8) is 0 Å². The molecule has 5 unspecified atom stereocenters. The van der Waals surface area contributed by atoms with Crippen molar-refractivity contribution in [2.24, 2.45) is 11.8 Å². The van der Waals surface area contributed by atoms with E-state index in [2.05, 4.69) is 11.0 Å². The number of fused-ring (bicyclic) bond motifs is 1. The fourth-order valence-electron chi connectivity index (χ4n) is 8.42. The zero-order valence-electron chi connectivity index (χ0n) is 20.6. The quantitative estimate of drug-likeness (QED) is 0.587. The lowest BCUT2D eigenvalue weighted by molar-refractivity contribution is -0.152. The van der Waals surface area contributed by atoms with E-state index < -0.39 is 0 Å². The van der Waals surface area contributed by atoms with Crippen molar-refractivity contribution in [3.05, 3.63) is 63.1 Å². The van der Waals surface area contributed by atoms with E-state index in [1.807, 2.05) is 24.1 Å². The molecule has 2 aromatic carbocycles. The summed E-state index contributed by atoms with van der Waals surface area (Å²) in [4.78, 5) is 18.3. The molecule has 190 valence electrons. The number of ether oxygens (including phenoxy) is 1. The van der Waals surface area contributed by atoms with Crippen molar-refractivity contribution >= 4 is 29.1 Å². The molecule has 1 amide bonds. The fourth-order valence-corrected chi connectivity index (χ4v) is 8.94. The van der Waals surface area contributed by atoms with E-state index in [-0.39, 0.29) is 28.9 Å². The average Bonchev–Trinajstić information content (AvgIpc) is 3.63. The first-order valence-electron chi connectivity index (χ1n) is 13.3. The first kappa shape index (κ1) is 23.3. The van der Waals surface area contributed by atoms with Gasteiger partial charge in [0.25, 0.3) is 5.91 Å². The van der Waals surface area contributed by atoms with Gasteiger partial charge in [0, 0.05) is 52.6 Å². The number of aromatic hydroxyl groups is 1. The first-order chi connectivity index (χ1) is 17.3. The monoisotopic (exact) mass is 526 g/mol. The van der Waals surface area contributed by atoms with Gasteiger partial charge in [0.15, 0.2) is 0 Å². The number of benzene rings is 2. The SMILES string of the molecule is CN(C(=O)c1cc(Cl)cc(Cl)c1)C1CCC23OCC1C21CCN(CC2CC2)C3Cc2ccc(O)cc21. The Morgan fingerprint density at radius 3 is 2.67 bits per heavy atom. The summed E-state index contributed by atoms with van der Waals surface area (Å²) in [6.45, 7) is 2.86. The van der Waals surface area contributed by atoms with E-state index in [0.29, 0.717) is 34.0 Å². The summed E-state index contributed by atoms with van der Waals surface area (Å²) in [5.74, 6) is 1.25. The van der Waals surface area contributed by atoms with Crippen LogP contribution in [0.15, 0.2) is 36.4 Å². The van der Waals surface area contributed by atoms with Crippen LogP contribution in [0, 0.1) is 11.8 Å². The Morgan fingerprint density at radius 2 is 1.92 bits per heavy atom. The van der Waals surface area contributed by atoms with Crippen molar-refractivity contribution in [2.75, 3.05) is 26.7 Å². The van der Waals surface area contributed by atoms with Gasteiger partial charge in [0.1, 0.15) is 5.75 Å². The van der Waals surface area contributed by atoms with Crippen molar-refractivity contribution < 1.29 is 14.6 Å². The number of phenols is 1. The number of carbonyl (C=O) groups is 1. The molecule has 36 heavy (non-hydrogen) atoms. The molecular formula is C29H32Cl2N2O3. The van der Waals surface area contributed by atoms with Crippen LogP contribution < -0.4 is 0 Å². The Morgan fingerprint density at radius 1 is 1.14 bits per heavy atom. The van der Waals surface area contributed by atoms with Gasteiger partial charge in [0.05, 0.1) is 12.2 Å². The number of likely N-dealkylation sites (tertiary alicyclic amines) is 1. The highest BCUT2D eigenvalue weighted by molar-refractivity contribution is 6.35. The van der Waals surface area contributed by atoms with Crippen LogP contribution in [0.1, 0.15) is 53.6 Å². The maximum absolute atomic E-state index is 13.7. The Hall–Kier alpha value is -1.79. The summed E-state index contributed by atoms with van der Waals surface area (Å²) >= 11 is 12.5. The molecule has 2 aromatic rings. The van der Waals surface area contributed by atoms with Gasteiger partial charge in [-0.25, -0.2) is 0 Å². The zero-order valence-corrected chi connectivity index (χ0v) is 22.1. The van der Waals surface area contributed by atoms with E-state index in [4.69, 9.17) is 27.9 Å². The summed E-state index contributed by atoms with van der Waals surface area (Å²) in [5, 5.41) is 11.5. The van der Waals surface area contributed by atoms with E-state index in [9.17, 15) is 9.90 Å². The van der Waals surface area contributed by atoms with Crippen LogP contribution >= 0.6 is 23.2 Å². The van der Waals surface area contributed by atoms with Crippen LogP contribution in [0.3, 0.4) is 0 Å². The Bertz CT molecular complexity index is 1230. The summed E-state index contributed by atoms with van der Waals surface area (Å²) in [5.41, 5.74) is 2.64. The third-order valence-corrected chi connectivity index (χ3v) is 10.5. The van der Waals surface area contributed by atoms with Crippen LogP contribution in [0.4, 0.5) is 0 Å². The lowest BCUT2D eigenvalue weighted by atomic mass is 9.46. The van der Waals surface area contributed by atoms with Crippen molar-refractivity contribution in [1.29, 1.82) is 0 Å². The maximum atomic E-state index is 13.7. The number of amides is 1. The Balaban J connectivity index is 1.30. The summed E-state index contributed by atoms with van der Waals surface area (Å²) in [7, 11) is 1.91. The molecule has 0 radical (unpaired) electrons. The second-order valence-electron chi connectivity index (χ2n) is 11.7. The molecule has 2 saturated carbocycles. The maximum Gasteiger partial charge on any atom is 0.253 e. The predicted molar refractivity (Wildman–Crippen MR) is 140 cm³/mol. The number of carbonyl (C=O) groups excluding carboxylic acids is 1. The Kier molecular flexibility index (Phi) is 5.25. The molecule has 0 aromatic heterocycles. The van der Waals surface area contributed by atoms with Crippen LogP contribution in [0.25, 0.3) is 0 Å². The predicted octanol–water partition coefficient (Wildman–Crippen LogP) is 5.30. The van der Waals surface area contributed by atoms with Gasteiger partial charge in [-0.3, -0.25) is 9.69 Å². The average molecular weight is 527 g/mol. The van der Waals surface area contributed by atoms with Crippen molar-refractivity contribution in [1.82, 2.24) is 9.80 Å². The molecule has 5 nitrogen and oxygen atoms in total. The minimum atomic E-state index is -0.259. The van der Waals surface area contributed by atoms with Crippen LogP contribution in [0.2, 0.25) is 10.0 Å². The number of phenolic OH excluding ortho intramolecular Hbond substituents is 1. The minimum absolute atomic E-state index is 0.0369. The van der Waals surface area contributed by atoms with Crippen molar-refractivity contribution in [3.8, 4) is 5.75 Å². The molecule has 7 heteroatoms. The van der Waals surface area contributed by atoms with Gasteiger partial charge in [-0.1, -0.05) is 29.3 Å². The normalized spacial score (nSPS) is 34.7. The van der Waals surface area contributed by atoms with Gasteiger partial charge in [0.2, 0.25) is 0 Å². The molecule has 0 spiro atoms. The standard InChI is InChI=1S/C29H32Cl2N2O3/c1-32(27(35)19-10-20(30)13-21(31)11-19)25-6-7-29-26-12-18-4-5-22(34)14-23(18)28(29,24(25)16-36-29)8-9-33(26)15-17-2-3-17/h4-5,10-11,13-14,17,24-26,34H,2-3,6-9,12,15-16H2,1H3. The molecule has 5 aliphatic rings. The smallest absolute Gasteiger partial charge is 0.253 e. The van der Waals surface area contributed by atoms with E-state index >= 15 is 0 Å². The second kappa shape index (κ2) is 8.10. The van der Waals surface area contributed by atoms with E-state index in [1.165, 1.54) is 30.5 Å². The Labute approximate surface area is 222 Å². The number of piperidine rings is 1. The minimum Gasteiger partial charge on any atom is -0.508 e. The van der Waals surface area contributed by atoms with Gasteiger partial charge in [-0.2, -0.15) is 0 Å². The highest BCUT2D eigenvalue weighted by Crippen LogP contribution is 2.66. The molecule has 2 saturated heterocycles. The molecule has 2 aliphatic heterocycles. The second-order valence-corrected chi connectivity index (χ2v) is 12.6. The summed E-state index contributed by atoms with van der Waals surface area (Å²) in [6.07, 6.45) is 6.49. The zero-order chi connectivity index (χ0) is 24.8. The van der Waals surface area contributed by atoms with Gasteiger partial charge in [-0.15, -0.1) is 0 Å². The summed E-state index contributed by atoms with van der Waals surface area (Å²) < 4.78 is 6.96. The van der Waals surface area contributed by atoms with E-state index in [1.54, 1.807) is 18.2 Å². The van der Waals surface area contributed by atoms with Gasteiger partial charge >= 0.3 is 0 Å². The first-order valence-corrected chi connectivity index (χ1v) is 14.0. The topological polar surface area (TPSA) is 53.0 Å². The lowest BCUT2D eigenvalue weighted by Crippen LogP contribution is -2.74. The van der Waals surface area contributed by atoms with Crippen LogP contribution in [-0.4, -0.2) is 65.2 Å². The van der Waals surface area contributed by atoms with Crippen LogP contribution in [0.5, 0.6) is 5.75 Å². The third kappa shape index (κ3) is 3.19. The largest absolute Gasteiger partial charge is 0.508 e. The number of halogens is 2. The molecule has 5 atom stereocenters.